The highest BCUT2D eigenvalue weighted by atomic mass is 19.1. The molecule has 2 heterocycles. The number of nitrogens with one attached hydrogen (secondary N) is 1. The molecule has 1 fully saturated rings. The van der Waals surface area contributed by atoms with Crippen LogP contribution in [0.3, 0.4) is 0 Å². The van der Waals surface area contributed by atoms with E-state index in [1.54, 1.807) is 25.4 Å². The van der Waals surface area contributed by atoms with Crippen molar-refractivity contribution in [2.24, 2.45) is 0 Å². The van der Waals surface area contributed by atoms with Gasteiger partial charge in [-0.05, 0) is 36.4 Å². The number of methoxy groups -OCH3 is 1. The lowest BCUT2D eigenvalue weighted by molar-refractivity contribution is 0.0749. The van der Waals surface area contributed by atoms with Gasteiger partial charge in [-0.3, -0.25) is 4.79 Å². The van der Waals surface area contributed by atoms with Gasteiger partial charge in [-0.2, -0.15) is 0 Å². The van der Waals surface area contributed by atoms with Crippen LogP contribution in [0.1, 0.15) is 10.4 Å². The third kappa shape index (κ3) is 2.98. The van der Waals surface area contributed by atoms with Crippen LogP contribution < -0.4 is 9.64 Å². The zero-order valence-corrected chi connectivity index (χ0v) is 14.5. The highest BCUT2D eigenvalue weighted by molar-refractivity contribution is 6.07. The zero-order chi connectivity index (χ0) is 18.1. The van der Waals surface area contributed by atoms with Crippen molar-refractivity contribution in [1.82, 2.24) is 9.88 Å². The Hall–Kier alpha value is -3.02. The van der Waals surface area contributed by atoms with Crippen LogP contribution in [-0.2, 0) is 0 Å². The van der Waals surface area contributed by atoms with Crippen molar-refractivity contribution >= 4 is 22.5 Å². The molecule has 3 aromatic rings. The summed E-state index contributed by atoms with van der Waals surface area (Å²) in [5.74, 6) is 0.546. The summed E-state index contributed by atoms with van der Waals surface area (Å²) in [6.07, 6.45) is 1.76. The molecule has 1 saturated heterocycles. The first-order valence-corrected chi connectivity index (χ1v) is 8.60. The minimum absolute atomic E-state index is 0.0279. The number of carbonyl (C=O) groups excluding carboxylic acids is 1. The van der Waals surface area contributed by atoms with E-state index >= 15 is 0 Å². The molecule has 0 radical (unpaired) electrons. The molecule has 1 aromatic heterocycles. The van der Waals surface area contributed by atoms with Gasteiger partial charge in [-0.25, -0.2) is 4.39 Å². The van der Waals surface area contributed by atoms with E-state index < -0.39 is 0 Å². The van der Waals surface area contributed by atoms with Gasteiger partial charge < -0.3 is 19.5 Å². The predicted molar refractivity (Wildman–Crippen MR) is 99.4 cm³/mol. The Morgan fingerprint density at radius 3 is 2.50 bits per heavy atom. The van der Waals surface area contributed by atoms with Gasteiger partial charge in [-0.1, -0.05) is 0 Å². The average molecular weight is 353 g/mol. The lowest BCUT2D eigenvalue weighted by Gasteiger charge is -2.36. The standard InChI is InChI=1S/C20H20FN3O2/c1-26-16-6-7-17-18(13-22-19(17)12-16)20(25)24-10-8-23(9-11-24)15-4-2-14(21)3-5-15/h2-7,12-13,22H,8-11H2,1H3. The summed E-state index contributed by atoms with van der Waals surface area (Å²) in [6.45, 7) is 2.74. The summed E-state index contributed by atoms with van der Waals surface area (Å²) >= 11 is 0. The second kappa shape index (κ2) is 6.71. The molecule has 0 bridgehead atoms. The van der Waals surface area contributed by atoms with E-state index in [1.807, 2.05) is 23.1 Å². The van der Waals surface area contributed by atoms with E-state index in [9.17, 15) is 9.18 Å². The molecule has 4 rings (SSSR count). The number of H-pyrrole nitrogens is 1. The van der Waals surface area contributed by atoms with Crippen LogP contribution in [0.5, 0.6) is 5.75 Å². The van der Waals surface area contributed by atoms with Gasteiger partial charge in [-0.15, -0.1) is 0 Å². The number of aromatic nitrogens is 1. The predicted octanol–water partition coefficient (Wildman–Crippen LogP) is 3.28. The molecular formula is C20H20FN3O2. The number of benzene rings is 2. The minimum Gasteiger partial charge on any atom is -0.497 e. The average Bonchev–Trinajstić information content (AvgIpc) is 3.11. The number of carbonyl (C=O) groups is 1. The van der Waals surface area contributed by atoms with E-state index in [4.69, 9.17) is 4.74 Å². The Morgan fingerprint density at radius 2 is 1.81 bits per heavy atom. The quantitative estimate of drug-likeness (QED) is 0.786. The van der Waals surface area contributed by atoms with E-state index in [0.717, 1.165) is 35.4 Å². The molecule has 2 aromatic carbocycles. The molecule has 1 amide bonds. The number of amides is 1. The molecule has 5 nitrogen and oxygen atoms in total. The van der Waals surface area contributed by atoms with Crippen molar-refractivity contribution in [1.29, 1.82) is 0 Å². The van der Waals surface area contributed by atoms with Crippen LogP contribution >= 0.6 is 0 Å². The molecule has 1 aliphatic heterocycles. The fourth-order valence-electron chi connectivity index (χ4n) is 3.40. The van der Waals surface area contributed by atoms with Gasteiger partial charge in [0.15, 0.2) is 0 Å². The van der Waals surface area contributed by atoms with E-state index in [2.05, 4.69) is 9.88 Å². The SMILES string of the molecule is COc1ccc2c(C(=O)N3CCN(c4ccc(F)cc4)CC3)c[nH]c2c1. The van der Waals surface area contributed by atoms with Crippen molar-refractivity contribution < 1.29 is 13.9 Å². The fourth-order valence-corrected chi connectivity index (χ4v) is 3.40. The fraction of sp³-hybridized carbons (Fsp3) is 0.250. The Morgan fingerprint density at radius 1 is 1.08 bits per heavy atom. The molecule has 26 heavy (non-hydrogen) atoms. The van der Waals surface area contributed by atoms with Crippen LogP contribution in [0.25, 0.3) is 10.9 Å². The molecule has 0 spiro atoms. The summed E-state index contributed by atoms with van der Waals surface area (Å²) in [6, 6.07) is 12.1. The number of hydrogen-bond donors (Lipinski definition) is 1. The molecular weight excluding hydrogens is 333 g/mol. The number of nitrogens with zero attached hydrogens (tertiary/aromatic N) is 2. The second-order valence-corrected chi connectivity index (χ2v) is 6.37. The Balaban J connectivity index is 1.47. The van der Waals surface area contributed by atoms with Gasteiger partial charge in [0.25, 0.3) is 5.91 Å². The van der Waals surface area contributed by atoms with Gasteiger partial charge in [0.2, 0.25) is 0 Å². The second-order valence-electron chi connectivity index (χ2n) is 6.37. The topological polar surface area (TPSA) is 48.6 Å². The number of fused-ring (bicyclic) bond motifs is 1. The third-order valence-corrected chi connectivity index (χ3v) is 4.88. The molecule has 1 N–H and O–H groups in total. The maximum atomic E-state index is 13.1. The first kappa shape index (κ1) is 16.4. The number of rotatable bonds is 3. The maximum absolute atomic E-state index is 13.1. The first-order chi connectivity index (χ1) is 12.7. The highest BCUT2D eigenvalue weighted by Gasteiger charge is 2.24. The maximum Gasteiger partial charge on any atom is 0.256 e. The van der Waals surface area contributed by atoms with Gasteiger partial charge in [0.1, 0.15) is 11.6 Å². The van der Waals surface area contributed by atoms with Crippen LogP contribution in [0, 0.1) is 5.82 Å². The van der Waals surface area contributed by atoms with Crippen molar-refractivity contribution in [3.63, 3.8) is 0 Å². The summed E-state index contributed by atoms with van der Waals surface area (Å²) in [7, 11) is 1.62. The summed E-state index contributed by atoms with van der Waals surface area (Å²) in [5.41, 5.74) is 2.55. The van der Waals surface area contributed by atoms with Gasteiger partial charge in [0.05, 0.1) is 12.7 Å². The third-order valence-electron chi connectivity index (χ3n) is 4.88. The van der Waals surface area contributed by atoms with Crippen LogP contribution in [0.15, 0.2) is 48.7 Å². The van der Waals surface area contributed by atoms with Gasteiger partial charge >= 0.3 is 0 Å². The summed E-state index contributed by atoms with van der Waals surface area (Å²) in [5, 5.41) is 0.900. The van der Waals surface area contributed by atoms with Crippen molar-refractivity contribution in [3.8, 4) is 5.75 Å². The molecule has 1 aliphatic rings. The largest absolute Gasteiger partial charge is 0.497 e. The Kier molecular flexibility index (Phi) is 4.24. The molecule has 0 aliphatic carbocycles. The van der Waals surface area contributed by atoms with Crippen molar-refractivity contribution in [2.75, 3.05) is 38.2 Å². The smallest absolute Gasteiger partial charge is 0.256 e. The van der Waals surface area contributed by atoms with Gasteiger partial charge in [0, 0.05) is 55.0 Å². The molecule has 0 unspecified atom stereocenters. The van der Waals surface area contributed by atoms with Crippen molar-refractivity contribution in [2.45, 2.75) is 0 Å². The number of piperazine rings is 1. The monoisotopic (exact) mass is 353 g/mol. The van der Waals surface area contributed by atoms with E-state index in [1.165, 1.54) is 12.1 Å². The highest BCUT2D eigenvalue weighted by Crippen LogP contribution is 2.25. The summed E-state index contributed by atoms with van der Waals surface area (Å²) < 4.78 is 18.3. The number of hydrogen-bond acceptors (Lipinski definition) is 3. The Labute approximate surface area is 151 Å². The Bertz CT molecular complexity index is 928. The van der Waals surface area contributed by atoms with Crippen LogP contribution in [0.2, 0.25) is 0 Å². The number of anilines is 1. The van der Waals surface area contributed by atoms with Crippen LogP contribution in [0.4, 0.5) is 10.1 Å². The molecule has 6 heteroatoms. The molecule has 0 saturated carbocycles. The molecule has 134 valence electrons. The van der Waals surface area contributed by atoms with Crippen molar-refractivity contribution in [3.05, 3.63) is 60.0 Å². The molecule has 0 atom stereocenters. The lowest BCUT2D eigenvalue weighted by atomic mass is 10.1. The van der Waals surface area contributed by atoms with E-state index in [0.29, 0.717) is 18.7 Å². The number of aromatic amines is 1. The number of ether oxygens (including phenoxy) is 1. The summed E-state index contributed by atoms with van der Waals surface area (Å²) in [4.78, 5) is 20.1. The number of halogens is 1. The lowest BCUT2D eigenvalue weighted by Crippen LogP contribution is -2.48. The van der Waals surface area contributed by atoms with E-state index in [-0.39, 0.29) is 11.7 Å². The zero-order valence-electron chi connectivity index (χ0n) is 14.5. The van der Waals surface area contributed by atoms with Crippen LogP contribution in [-0.4, -0.2) is 49.1 Å². The minimum atomic E-state index is -0.237. The first-order valence-electron chi connectivity index (χ1n) is 8.60. The normalized spacial score (nSPS) is 14.7.